The molecule has 2 aromatic rings. The van der Waals surface area contributed by atoms with Gasteiger partial charge >= 0.3 is 0 Å². The summed E-state index contributed by atoms with van der Waals surface area (Å²) in [4.78, 5) is -0.382. The summed E-state index contributed by atoms with van der Waals surface area (Å²) >= 11 is 0. The molecule has 0 aromatic heterocycles. The van der Waals surface area contributed by atoms with Gasteiger partial charge in [-0.15, -0.1) is 0 Å². The minimum Gasteiger partial charge on any atom is -0.744 e. The third-order valence-electron chi connectivity index (χ3n) is 2.28. The van der Waals surface area contributed by atoms with Crippen LogP contribution in [0, 0.1) is 0 Å². The van der Waals surface area contributed by atoms with Crippen LogP contribution in [-0.4, -0.2) is 18.1 Å². The van der Waals surface area contributed by atoms with E-state index in [-0.39, 0.29) is 33.3 Å². The summed E-state index contributed by atoms with van der Waals surface area (Å²) in [5, 5.41) is 9.88. The van der Waals surface area contributed by atoms with Crippen LogP contribution in [0.25, 0.3) is 10.8 Å². The van der Waals surface area contributed by atoms with Gasteiger partial charge in [-0.1, -0.05) is 12.1 Å². The summed E-state index contributed by atoms with van der Waals surface area (Å²) in [5.41, 5.74) is 5.84. The molecular weight excluding hydrogens is 244 g/mol. The number of phenols is 1. The Labute approximate surface area is 98.0 Å². The van der Waals surface area contributed by atoms with Crippen molar-refractivity contribution in [2.75, 3.05) is 5.73 Å². The highest BCUT2D eigenvalue weighted by Gasteiger charge is 2.11. The van der Waals surface area contributed by atoms with Gasteiger partial charge in [0.15, 0.2) is 0 Å². The highest BCUT2D eigenvalue weighted by Crippen LogP contribution is 2.33. The molecule has 2 rings (SSSR count). The lowest BCUT2D eigenvalue weighted by Crippen LogP contribution is -2.00. The number of aromatic hydroxyl groups is 1. The van der Waals surface area contributed by atoms with Crippen molar-refractivity contribution in [1.29, 1.82) is 0 Å². The first kappa shape index (κ1) is 13.2. The Bertz CT molecular complexity index is 659. The van der Waals surface area contributed by atoms with Crippen LogP contribution in [0.1, 0.15) is 0 Å². The van der Waals surface area contributed by atoms with E-state index in [9.17, 15) is 18.1 Å². The molecule has 0 bridgehead atoms. The molecule has 0 aliphatic carbocycles. The maximum absolute atomic E-state index is 11.0. The van der Waals surface area contributed by atoms with Gasteiger partial charge in [0.05, 0.1) is 4.90 Å². The van der Waals surface area contributed by atoms with Gasteiger partial charge in [-0.2, -0.15) is 0 Å². The van der Waals surface area contributed by atoms with E-state index in [4.69, 9.17) is 5.73 Å². The molecule has 0 spiro atoms. The second-order valence-electron chi connectivity index (χ2n) is 3.31. The van der Waals surface area contributed by atoms with E-state index in [0.717, 1.165) is 6.07 Å². The van der Waals surface area contributed by atoms with Crippen LogP contribution in [0.5, 0.6) is 5.75 Å². The molecule has 0 atom stereocenters. The van der Waals surface area contributed by atoms with Gasteiger partial charge in [-0.3, -0.25) is 0 Å². The van der Waals surface area contributed by atoms with Crippen molar-refractivity contribution in [2.24, 2.45) is 0 Å². The van der Waals surface area contributed by atoms with E-state index in [1.165, 1.54) is 24.3 Å². The molecule has 0 fully saturated rings. The topological polar surface area (TPSA) is 140 Å². The molecule has 0 heterocycles. The lowest BCUT2D eigenvalue weighted by atomic mass is 10.1. The number of benzene rings is 2. The molecule has 0 saturated heterocycles. The Morgan fingerprint density at radius 1 is 1.18 bits per heavy atom. The molecule has 92 valence electrons. The molecule has 0 aliphatic heterocycles. The summed E-state index contributed by atoms with van der Waals surface area (Å²) in [7, 11) is -4.58. The van der Waals surface area contributed by atoms with Crippen molar-refractivity contribution in [3.63, 3.8) is 0 Å². The Morgan fingerprint density at radius 2 is 1.82 bits per heavy atom. The lowest BCUT2D eigenvalue weighted by Gasteiger charge is -2.12. The van der Waals surface area contributed by atoms with Crippen LogP contribution in [0.2, 0.25) is 0 Å². The van der Waals surface area contributed by atoms with E-state index in [1.54, 1.807) is 0 Å². The first-order chi connectivity index (χ1) is 7.41. The molecule has 0 amide bonds. The molecule has 0 radical (unpaired) electrons. The van der Waals surface area contributed by atoms with Crippen LogP contribution >= 0.6 is 0 Å². The van der Waals surface area contributed by atoms with E-state index in [0.29, 0.717) is 0 Å². The standard InChI is InChI=1S/C10H9NO4S.H3N/c11-7-4-5-9(16(13,14)15)6-2-1-3-8(12)10(6)7;/h1-5,12H,11H2,(H,13,14,15);1H3. The number of anilines is 1. The Morgan fingerprint density at radius 3 is 2.41 bits per heavy atom. The van der Waals surface area contributed by atoms with E-state index >= 15 is 0 Å². The van der Waals surface area contributed by atoms with Crippen LogP contribution in [0.4, 0.5) is 5.69 Å². The number of fused-ring (bicyclic) bond motifs is 1. The number of nitrogens with two attached hydrogens (primary N) is 1. The fourth-order valence-corrected chi connectivity index (χ4v) is 2.28. The zero-order valence-electron chi connectivity index (χ0n) is 9.04. The average Bonchev–Trinajstić information content (AvgIpc) is 2.16. The zero-order chi connectivity index (χ0) is 11.9. The first-order valence-corrected chi connectivity index (χ1v) is 5.78. The average molecular weight is 256 g/mol. The SMILES string of the molecule is Nc1ccc(S(=O)(=O)[O-])c2cccc(O)c12.[NH4+]. The fourth-order valence-electron chi connectivity index (χ4n) is 1.61. The Kier molecular flexibility index (Phi) is 3.28. The first-order valence-electron chi connectivity index (χ1n) is 4.37. The summed E-state index contributed by atoms with van der Waals surface area (Å²) in [6.45, 7) is 0. The van der Waals surface area contributed by atoms with Crippen LogP contribution < -0.4 is 11.9 Å². The Balaban J connectivity index is 0.00000144. The molecule has 0 saturated carbocycles. The van der Waals surface area contributed by atoms with E-state index in [2.05, 4.69) is 0 Å². The number of hydrogen-bond donors (Lipinski definition) is 3. The quantitative estimate of drug-likeness (QED) is 0.522. The van der Waals surface area contributed by atoms with Crippen molar-refractivity contribution in [1.82, 2.24) is 6.15 Å². The normalized spacial score (nSPS) is 11.1. The number of rotatable bonds is 1. The molecule has 2 aromatic carbocycles. The maximum Gasteiger partial charge on any atom is 0.125 e. The van der Waals surface area contributed by atoms with Crippen molar-refractivity contribution < 1.29 is 18.1 Å². The predicted octanol–water partition coefficient (Wildman–Crippen LogP) is 1.41. The number of nitrogen functional groups attached to an aromatic ring is 1. The van der Waals surface area contributed by atoms with Crippen LogP contribution in [0.3, 0.4) is 0 Å². The molecule has 17 heavy (non-hydrogen) atoms. The zero-order valence-corrected chi connectivity index (χ0v) is 9.86. The smallest absolute Gasteiger partial charge is 0.125 e. The summed E-state index contributed by atoms with van der Waals surface area (Å²) in [5.74, 6) is -0.152. The van der Waals surface area contributed by atoms with Gasteiger partial charge in [0.25, 0.3) is 0 Å². The van der Waals surface area contributed by atoms with Gasteiger partial charge in [0, 0.05) is 16.5 Å². The Hall–Kier alpha value is -1.83. The summed E-state index contributed by atoms with van der Waals surface area (Å²) < 4.78 is 33.0. The number of phenolic OH excluding ortho intramolecular Hbond substituents is 1. The second-order valence-corrected chi connectivity index (χ2v) is 4.65. The number of hydrogen-bond acceptors (Lipinski definition) is 5. The summed E-state index contributed by atoms with van der Waals surface area (Å²) in [6.07, 6.45) is 0. The molecule has 7 N–H and O–H groups in total. The second kappa shape index (κ2) is 4.21. The fraction of sp³-hybridized carbons (Fsp3) is 0. The molecule has 0 aliphatic rings. The van der Waals surface area contributed by atoms with Crippen molar-refractivity contribution in [2.45, 2.75) is 4.90 Å². The third kappa shape index (κ3) is 2.16. The van der Waals surface area contributed by atoms with Gasteiger partial charge in [-0.05, 0) is 18.2 Å². The van der Waals surface area contributed by atoms with E-state index < -0.39 is 10.1 Å². The van der Waals surface area contributed by atoms with Crippen molar-refractivity contribution >= 4 is 26.6 Å². The number of quaternary nitrogens is 1. The monoisotopic (exact) mass is 256 g/mol. The maximum atomic E-state index is 11.0. The van der Waals surface area contributed by atoms with Crippen molar-refractivity contribution in [3.8, 4) is 5.75 Å². The third-order valence-corrected chi connectivity index (χ3v) is 3.17. The van der Waals surface area contributed by atoms with Crippen LogP contribution in [0.15, 0.2) is 35.2 Å². The lowest BCUT2D eigenvalue weighted by molar-refractivity contribution is 0.464. The van der Waals surface area contributed by atoms with Gasteiger partial charge in [0.2, 0.25) is 0 Å². The van der Waals surface area contributed by atoms with Crippen molar-refractivity contribution in [3.05, 3.63) is 30.3 Å². The molecule has 7 heteroatoms. The highest BCUT2D eigenvalue weighted by molar-refractivity contribution is 7.86. The molecule has 0 unspecified atom stereocenters. The molecule has 6 nitrogen and oxygen atoms in total. The van der Waals surface area contributed by atoms with Crippen LogP contribution in [-0.2, 0) is 10.1 Å². The predicted molar refractivity (Wildman–Crippen MR) is 64.0 cm³/mol. The largest absolute Gasteiger partial charge is 0.744 e. The van der Waals surface area contributed by atoms with Gasteiger partial charge < -0.3 is 21.5 Å². The minimum absolute atomic E-state index is 0. The van der Waals surface area contributed by atoms with Gasteiger partial charge in [0.1, 0.15) is 15.9 Å². The summed E-state index contributed by atoms with van der Waals surface area (Å²) in [6, 6.07) is 6.67. The van der Waals surface area contributed by atoms with Gasteiger partial charge in [-0.25, -0.2) is 8.42 Å². The van der Waals surface area contributed by atoms with E-state index in [1.807, 2.05) is 0 Å². The minimum atomic E-state index is -4.58. The highest BCUT2D eigenvalue weighted by atomic mass is 32.2. The molecular formula is C10H12N2O4S.